The van der Waals surface area contributed by atoms with Crippen molar-refractivity contribution in [2.75, 3.05) is 5.32 Å². The van der Waals surface area contributed by atoms with Crippen molar-refractivity contribution in [1.29, 1.82) is 0 Å². The molecule has 2 N–H and O–H groups in total. The van der Waals surface area contributed by atoms with Crippen molar-refractivity contribution >= 4 is 27.5 Å². The molecule has 0 spiro atoms. The summed E-state index contributed by atoms with van der Waals surface area (Å²) in [5.74, 6) is 0.464. The highest BCUT2D eigenvalue weighted by atomic mass is 79.9. The third-order valence-corrected chi connectivity index (χ3v) is 3.21. The van der Waals surface area contributed by atoms with E-state index in [4.69, 9.17) is 4.74 Å². The first-order valence-electron chi connectivity index (χ1n) is 5.42. The quantitative estimate of drug-likeness (QED) is 0.823. The molecule has 3 atom stereocenters. The van der Waals surface area contributed by atoms with Crippen molar-refractivity contribution in [2.45, 2.75) is 30.9 Å². The molecule has 0 aromatic heterocycles. The summed E-state index contributed by atoms with van der Waals surface area (Å²) in [6, 6.07) is 5.30. The molecule has 2 rings (SSSR count). The van der Waals surface area contributed by atoms with Crippen LogP contribution in [0.2, 0.25) is 0 Å². The van der Waals surface area contributed by atoms with Gasteiger partial charge in [0.25, 0.3) is 5.91 Å². The number of hydrogen-bond acceptors (Lipinski definition) is 3. The third kappa shape index (κ3) is 2.45. The molecule has 0 saturated heterocycles. The number of amides is 1. The zero-order valence-corrected chi connectivity index (χ0v) is 11.2. The van der Waals surface area contributed by atoms with E-state index in [0.717, 1.165) is 5.56 Å². The van der Waals surface area contributed by atoms with Crippen molar-refractivity contribution < 1.29 is 14.6 Å². The lowest BCUT2D eigenvalue weighted by Crippen LogP contribution is -2.34. The van der Waals surface area contributed by atoms with Crippen LogP contribution >= 0.6 is 15.9 Å². The van der Waals surface area contributed by atoms with Crippen LogP contribution in [0.5, 0.6) is 5.75 Å². The van der Waals surface area contributed by atoms with Crippen LogP contribution in [0.1, 0.15) is 25.5 Å². The lowest BCUT2D eigenvalue weighted by molar-refractivity contribution is -0.122. The molecule has 1 heterocycles. The zero-order valence-electron chi connectivity index (χ0n) is 9.61. The molecule has 17 heavy (non-hydrogen) atoms. The fourth-order valence-electron chi connectivity index (χ4n) is 1.68. The molecule has 1 amide bonds. The van der Waals surface area contributed by atoms with Gasteiger partial charge in [-0.05, 0) is 31.5 Å². The number of hydrogen-bond donors (Lipinski definition) is 2. The number of alkyl halides is 1. The fourth-order valence-corrected chi connectivity index (χ4v) is 1.98. The van der Waals surface area contributed by atoms with E-state index in [1.54, 1.807) is 25.1 Å². The topological polar surface area (TPSA) is 58.6 Å². The van der Waals surface area contributed by atoms with Gasteiger partial charge in [-0.25, -0.2) is 0 Å². The van der Waals surface area contributed by atoms with E-state index in [1.807, 2.05) is 6.92 Å². The van der Waals surface area contributed by atoms with Crippen LogP contribution in [-0.2, 0) is 4.79 Å². The van der Waals surface area contributed by atoms with Gasteiger partial charge in [0.05, 0.1) is 11.8 Å². The minimum Gasteiger partial charge on any atom is -0.479 e. The molecule has 3 unspecified atom stereocenters. The number of aliphatic hydroxyl groups is 1. The summed E-state index contributed by atoms with van der Waals surface area (Å²) >= 11 is 3.33. The highest BCUT2D eigenvalue weighted by Crippen LogP contribution is 2.33. The lowest BCUT2D eigenvalue weighted by Gasteiger charge is -2.24. The minimum atomic E-state index is -0.614. The van der Waals surface area contributed by atoms with Crippen molar-refractivity contribution in [3.05, 3.63) is 23.8 Å². The van der Waals surface area contributed by atoms with Crippen molar-refractivity contribution in [3.8, 4) is 5.75 Å². The maximum Gasteiger partial charge on any atom is 0.265 e. The van der Waals surface area contributed by atoms with E-state index >= 15 is 0 Å². The van der Waals surface area contributed by atoms with Crippen LogP contribution in [0.25, 0.3) is 0 Å². The molecule has 0 saturated carbocycles. The second-order valence-electron chi connectivity index (χ2n) is 4.13. The predicted octanol–water partition coefficient (Wildman–Crippen LogP) is 2.22. The molecule has 92 valence electrons. The summed E-state index contributed by atoms with van der Waals surface area (Å²) in [4.78, 5) is 11.4. The number of benzene rings is 1. The van der Waals surface area contributed by atoms with E-state index < -0.39 is 12.2 Å². The van der Waals surface area contributed by atoms with Gasteiger partial charge >= 0.3 is 0 Å². The minimum absolute atomic E-state index is 0.0558. The lowest BCUT2D eigenvalue weighted by atomic mass is 10.1. The maximum absolute atomic E-state index is 11.5. The number of nitrogens with one attached hydrogen (secondary N) is 1. The van der Waals surface area contributed by atoms with Crippen molar-refractivity contribution in [3.63, 3.8) is 0 Å². The smallest absolute Gasteiger partial charge is 0.265 e. The number of carbonyl (C=O) groups is 1. The van der Waals surface area contributed by atoms with Crippen LogP contribution in [-0.4, -0.2) is 21.9 Å². The van der Waals surface area contributed by atoms with E-state index in [2.05, 4.69) is 21.2 Å². The Morgan fingerprint density at radius 2 is 2.24 bits per heavy atom. The van der Waals surface area contributed by atoms with Gasteiger partial charge in [-0.1, -0.05) is 22.0 Å². The van der Waals surface area contributed by atoms with Crippen molar-refractivity contribution in [1.82, 2.24) is 0 Å². The Morgan fingerprint density at radius 1 is 1.53 bits per heavy atom. The van der Waals surface area contributed by atoms with E-state index in [1.165, 1.54) is 0 Å². The van der Waals surface area contributed by atoms with E-state index in [9.17, 15) is 9.90 Å². The molecule has 0 fully saturated rings. The number of carbonyl (C=O) groups excluding carboxylic acids is 1. The van der Waals surface area contributed by atoms with Crippen LogP contribution in [0, 0.1) is 0 Å². The van der Waals surface area contributed by atoms with Crippen LogP contribution in [0.15, 0.2) is 18.2 Å². The van der Waals surface area contributed by atoms with Crippen LogP contribution in [0.4, 0.5) is 5.69 Å². The molecule has 0 bridgehead atoms. The van der Waals surface area contributed by atoms with Gasteiger partial charge in [0, 0.05) is 4.83 Å². The third-order valence-electron chi connectivity index (χ3n) is 2.71. The SMILES string of the molecule is CC1Oc2ccc(C(O)C(C)Br)cc2NC1=O. The summed E-state index contributed by atoms with van der Waals surface area (Å²) in [5.41, 5.74) is 1.35. The van der Waals surface area contributed by atoms with Gasteiger partial charge < -0.3 is 15.2 Å². The number of rotatable bonds is 2. The number of fused-ring (bicyclic) bond motifs is 1. The highest BCUT2D eigenvalue weighted by molar-refractivity contribution is 9.09. The molecule has 1 aromatic carbocycles. The Morgan fingerprint density at radius 3 is 2.88 bits per heavy atom. The Bertz CT molecular complexity index is 447. The summed E-state index contributed by atoms with van der Waals surface area (Å²) < 4.78 is 5.43. The van der Waals surface area contributed by atoms with E-state index in [-0.39, 0.29) is 10.7 Å². The number of halogens is 1. The summed E-state index contributed by atoms with van der Waals surface area (Å²) in [6.07, 6.45) is -1.09. The predicted molar refractivity (Wildman–Crippen MR) is 68.5 cm³/mol. The first-order valence-corrected chi connectivity index (χ1v) is 6.34. The Kier molecular flexibility index (Phi) is 3.40. The second-order valence-corrected chi connectivity index (χ2v) is 5.57. The molecule has 1 aromatic rings. The van der Waals surface area contributed by atoms with Crippen molar-refractivity contribution in [2.24, 2.45) is 0 Å². The molecule has 5 heteroatoms. The maximum atomic E-state index is 11.5. The number of aliphatic hydroxyl groups excluding tert-OH is 1. The average molecular weight is 300 g/mol. The van der Waals surface area contributed by atoms with Crippen LogP contribution in [0.3, 0.4) is 0 Å². The van der Waals surface area contributed by atoms with E-state index in [0.29, 0.717) is 11.4 Å². The first-order chi connectivity index (χ1) is 7.99. The van der Waals surface area contributed by atoms with Gasteiger partial charge in [-0.3, -0.25) is 4.79 Å². The molecule has 0 aliphatic carbocycles. The van der Waals surface area contributed by atoms with Gasteiger partial charge in [0.1, 0.15) is 5.75 Å². The van der Waals surface area contributed by atoms with Gasteiger partial charge in [0.2, 0.25) is 0 Å². The summed E-state index contributed by atoms with van der Waals surface area (Å²) in [7, 11) is 0. The monoisotopic (exact) mass is 299 g/mol. The zero-order chi connectivity index (χ0) is 12.6. The summed E-state index contributed by atoms with van der Waals surface area (Å²) in [6.45, 7) is 3.56. The number of anilines is 1. The van der Waals surface area contributed by atoms with Crippen LogP contribution < -0.4 is 10.1 Å². The number of ether oxygens (including phenoxy) is 1. The largest absolute Gasteiger partial charge is 0.479 e. The molecule has 0 radical (unpaired) electrons. The second kappa shape index (κ2) is 4.66. The summed E-state index contributed by atoms with van der Waals surface area (Å²) in [5, 5.41) is 12.7. The molecule has 1 aliphatic rings. The Balaban J connectivity index is 2.32. The van der Waals surface area contributed by atoms with Gasteiger partial charge in [0.15, 0.2) is 6.10 Å². The molecular weight excluding hydrogens is 286 g/mol. The molecule has 1 aliphatic heterocycles. The highest BCUT2D eigenvalue weighted by Gasteiger charge is 2.24. The normalized spacial score (nSPS) is 22.1. The Labute approximate surface area is 108 Å². The average Bonchev–Trinajstić information content (AvgIpc) is 2.29. The molecular formula is C12H14BrNO3. The van der Waals surface area contributed by atoms with Gasteiger partial charge in [-0.15, -0.1) is 0 Å². The first kappa shape index (κ1) is 12.4. The molecule has 4 nitrogen and oxygen atoms in total. The van der Waals surface area contributed by atoms with Gasteiger partial charge in [-0.2, -0.15) is 0 Å². The Hall–Kier alpha value is -1.07. The standard InChI is InChI=1S/C12H14BrNO3/c1-6(13)11(15)8-3-4-10-9(5-8)14-12(16)7(2)17-10/h3-7,11,15H,1-2H3,(H,14,16). The fraction of sp³-hybridized carbons (Fsp3) is 0.417.